The fourth-order valence-corrected chi connectivity index (χ4v) is 1.65. The zero-order chi connectivity index (χ0) is 12.1. The number of nitrogens with one attached hydrogen (secondary N) is 1. The summed E-state index contributed by atoms with van der Waals surface area (Å²) in [6.07, 6.45) is 1.58. The second-order valence-electron chi connectivity index (χ2n) is 3.80. The van der Waals surface area contributed by atoms with Crippen molar-refractivity contribution in [3.8, 4) is 5.75 Å². The van der Waals surface area contributed by atoms with Gasteiger partial charge in [0.1, 0.15) is 11.5 Å². The van der Waals surface area contributed by atoms with E-state index in [0.717, 1.165) is 5.56 Å². The molecule has 0 aliphatic rings. The van der Waals surface area contributed by atoms with Gasteiger partial charge in [-0.2, -0.15) is 0 Å². The van der Waals surface area contributed by atoms with Crippen LogP contribution in [0.15, 0.2) is 47.1 Å². The monoisotopic (exact) mass is 233 g/mol. The summed E-state index contributed by atoms with van der Waals surface area (Å²) in [6.45, 7) is 0.520. The number of rotatable bonds is 5. The van der Waals surface area contributed by atoms with Crippen molar-refractivity contribution in [2.45, 2.75) is 12.6 Å². The molecule has 0 radical (unpaired) electrons. The second-order valence-corrected chi connectivity index (χ2v) is 3.80. The maximum atomic E-state index is 9.32. The Kier molecular flexibility index (Phi) is 3.80. The summed E-state index contributed by atoms with van der Waals surface area (Å²) in [5.74, 6) is 0.940. The summed E-state index contributed by atoms with van der Waals surface area (Å²) in [6, 6.07) is 10.4. The van der Waals surface area contributed by atoms with Crippen molar-refractivity contribution in [3.05, 3.63) is 54.0 Å². The minimum absolute atomic E-state index is 0.0354. The largest absolute Gasteiger partial charge is 0.508 e. The quantitative estimate of drug-likeness (QED) is 0.737. The van der Waals surface area contributed by atoms with E-state index < -0.39 is 0 Å². The van der Waals surface area contributed by atoms with Crippen LogP contribution in [0.5, 0.6) is 5.75 Å². The number of phenols is 1. The van der Waals surface area contributed by atoms with Crippen LogP contribution < -0.4 is 5.32 Å². The Bertz CT molecular complexity index is 453. The summed E-state index contributed by atoms with van der Waals surface area (Å²) < 4.78 is 5.23. The van der Waals surface area contributed by atoms with Gasteiger partial charge in [-0.25, -0.2) is 0 Å². The predicted molar refractivity (Wildman–Crippen MR) is 63.5 cm³/mol. The van der Waals surface area contributed by atoms with E-state index in [1.165, 1.54) is 0 Å². The molecule has 0 saturated carbocycles. The first kappa shape index (κ1) is 11.7. The lowest BCUT2D eigenvalue weighted by Gasteiger charge is -2.13. The van der Waals surface area contributed by atoms with E-state index in [0.29, 0.717) is 12.3 Å². The summed E-state index contributed by atoms with van der Waals surface area (Å²) in [4.78, 5) is 0. The maximum absolute atomic E-state index is 9.32. The summed E-state index contributed by atoms with van der Waals surface area (Å²) in [7, 11) is 0. The van der Waals surface area contributed by atoms with Gasteiger partial charge in [0.05, 0.1) is 18.9 Å². The number of aromatic hydroxyl groups is 1. The van der Waals surface area contributed by atoms with Crippen molar-refractivity contribution < 1.29 is 14.6 Å². The number of aliphatic hydroxyl groups excluding tert-OH is 1. The first-order valence-corrected chi connectivity index (χ1v) is 5.45. The van der Waals surface area contributed by atoms with Gasteiger partial charge >= 0.3 is 0 Å². The van der Waals surface area contributed by atoms with E-state index in [1.54, 1.807) is 30.5 Å². The minimum Gasteiger partial charge on any atom is -0.508 e. The zero-order valence-electron chi connectivity index (χ0n) is 9.34. The van der Waals surface area contributed by atoms with Crippen LogP contribution >= 0.6 is 0 Å². The first-order valence-electron chi connectivity index (χ1n) is 5.45. The summed E-state index contributed by atoms with van der Waals surface area (Å²) in [5, 5.41) is 21.7. The van der Waals surface area contributed by atoms with Gasteiger partial charge in [0.2, 0.25) is 0 Å². The van der Waals surface area contributed by atoms with E-state index in [-0.39, 0.29) is 18.4 Å². The summed E-state index contributed by atoms with van der Waals surface area (Å²) in [5.41, 5.74) is 0.954. The SMILES string of the molecule is OCC(NCc1cccc(O)c1)c1ccco1. The smallest absolute Gasteiger partial charge is 0.123 e. The molecule has 4 heteroatoms. The number of hydrogen-bond donors (Lipinski definition) is 3. The standard InChI is InChI=1S/C13H15NO3/c15-9-12(13-5-2-6-17-13)14-8-10-3-1-4-11(16)7-10/h1-7,12,14-16H,8-9H2. The van der Waals surface area contributed by atoms with Crippen LogP contribution in [0.1, 0.15) is 17.4 Å². The van der Waals surface area contributed by atoms with Crippen LogP contribution in [0, 0.1) is 0 Å². The molecule has 0 amide bonds. The van der Waals surface area contributed by atoms with Crippen LogP contribution in [0.3, 0.4) is 0 Å². The lowest BCUT2D eigenvalue weighted by atomic mass is 10.2. The van der Waals surface area contributed by atoms with Gasteiger partial charge in [0.25, 0.3) is 0 Å². The van der Waals surface area contributed by atoms with E-state index in [9.17, 15) is 10.2 Å². The molecule has 1 atom stereocenters. The highest BCUT2D eigenvalue weighted by molar-refractivity contribution is 5.27. The number of hydrogen-bond acceptors (Lipinski definition) is 4. The molecule has 90 valence electrons. The Balaban J connectivity index is 1.97. The highest BCUT2D eigenvalue weighted by Gasteiger charge is 2.12. The van der Waals surface area contributed by atoms with Crippen molar-refractivity contribution in [2.24, 2.45) is 0 Å². The van der Waals surface area contributed by atoms with E-state index in [4.69, 9.17) is 4.42 Å². The number of aliphatic hydroxyl groups is 1. The average Bonchev–Trinajstić information content (AvgIpc) is 2.84. The molecule has 3 N–H and O–H groups in total. The maximum Gasteiger partial charge on any atom is 0.123 e. The van der Waals surface area contributed by atoms with Gasteiger partial charge in [-0.15, -0.1) is 0 Å². The van der Waals surface area contributed by atoms with Crippen molar-refractivity contribution in [1.82, 2.24) is 5.32 Å². The molecule has 1 aromatic carbocycles. The molecule has 0 aliphatic carbocycles. The van der Waals surface area contributed by atoms with E-state index in [1.807, 2.05) is 12.1 Å². The fourth-order valence-electron chi connectivity index (χ4n) is 1.65. The Hall–Kier alpha value is -1.78. The molecule has 0 spiro atoms. The number of furan rings is 1. The molecule has 4 nitrogen and oxygen atoms in total. The van der Waals surface area contributed by atoms with E-state index >= 15 is 0 Å². The second kappa shape index (κ2) is 5.52. The lowest BCUT2D eigenvalue weighted by Crippen LogP contribution is -2.23. The van der Waals surface area contributed by atoms with Crippen LogP contribution in [0.4, 0.5) is 0 Å². The van der Waals surface area contributed by atoms with Gasteiger partial charge in [0, 0.05) is 6.54 Å². The van der Waals surface area contributed by atoms with Crippen LogP contribution in [0.2, 0.25) is 0 Å². The van der Waals surface area contributed by atoms with Gasteiger partial charge < -0.3 is 19.9 Å². The number of benzene rings is 1. The molecule has 2 rings (SSSR count). The fraction of sp³-hybridized carbons (Fsp3) is 0.231. The molecule has 1 heterocycles. The molecule has 0 saturated heterocycles. The van der Waals surface area contributed by atoms with E-state index in [2.05, 4.69) is 5.32 Å². The molecule has 0 aliphatic heterocycles. The average molecular weight is 233 g/mol. The van der Waals surface area contributed by atoms with Crippen molar-refractivity contribution in [1.29, 1.82) is 0 Å². The first-order chi connectivity index (χ1) is 8.29. The topological polar surface area (TPSA) is 65.6 Å². The molecule has 2 aromatic rings. The molecule has 0 bridgehead atoms. The molecular weight excluding hydrogens is 218 g/mol. The van der Waals surface area contributed by atoms with Crippen molar-refractivity contribution >= 4 is 0 Å². The molecule has 1 unspecified atom stereocenters. The Labute approximate surface area is 99.5 Å². The Morgan fingerprint density at radius 1 is 1.24 bits per heavy atom. The Morgan fingerprint density at radius 3 is 2.76 bits per heavy atom. The highest BCUT2D eigenvalue weighted by Crippen LogP contribution is 2.15. The van der Waals surface area contributed by atoms with Crippen LogP contribution in [-0.4, -0.2) is 16.8 Å². The van der Waals surface area contributed by atoms with Crippen LogP contribution in [-0.2, 0) is 6.54 Å². The van der Waals surface area contributed by atoms with Crippen LogP contribution in [0.25, 0.3) is 0 Å². The predicted octanol–water partition coefficient (Wildman–Crippen LogP) is 1.81. The highest BCUT2D eigenvalue weighted by atomic mass is 16.3. The minimum atomic E-state index is -0.229. The molecular formula is C13H15NO3. The number of phenolic OH excluding ortho intramolecular Hbond substituents is 1. The molecule has 0 fully saturated rings. The Morgan fingerprint density at radius 2 is 2.12 bits per heavy atom. The van der Waals surface area contributed by atoms with Gasteiger partial charge in [-0.05, 0) is 29.8 Å². The zero-order valence-corrected chi connectivity index (χ0v) is 9.34. The third kappa shape index (κ3) is 3.09. The van der Waals surface area contributed by atoms with Gasteiger partial charge in [-0.3, -0.25) is 0 Å². The van der Waals surface area contributed by atoms with Crippen molar-refractivity contribution in [2.75, 3.05) is 6.61 Å². The lowest BCUT2D eigenvalue weighted by molar-refractivity contribution is 0.225. The summed E-state index contributed by atoms with van der Waals surface area (Å²) >= 11 is 0. The third-order valence-corrected chi connectivity index (χ3v) is 2.53. The molecule has 1 aromatic heterocycles. The normalized spacial score (nSPS) is 12.5. The van der Waals surface area contributed by atoms with Gasteiger partial charge in [0.15, 0.2) is 0 Å². The van der Waals surface area contributed by atoms with Crippen molar-refractivity contribution in [3.63, 3.8) is 0 Å². The third-order valence-electron chi connectivity index (χ3n) is 2.53. The van der Waals surface area contributed by atoms with Gasteiger partial charge in [-0.1, -0.05) is 12.1 Å². The molecule has 17 heavy (non-hydrogen) atoms.